The molecule has 9 heteroatoms. The van der Waals surface area contributed by atoms with Gasteiger partial charge in [-0.25, -0.2) is 4.98 Å². The highest BCUT2D eigenvalue weighted by molar-refractivity contribution is 7.09. The average Bonchev–Trinajstić information content (AvgIpc) is 3.02. The second-order valence-corrected chi connectivity index (χ2v) is 6.86. The van der Waals surface area contributed by atoms with Crippen molar-refractivity contribution in [1.82, 2.24) is 20.1 Å². The smallest absolute Gasteiger partial charge is 0.355 e. The largest absolute Gasteiger partial charge is 0.433 e. The van der Waals surface area contributed by atoms with Crippen LogP contribution in [-0.4, -0.2) is 27.2 Å². The van der Waals surface area contributed by atoms with Crippen LogP contribution in [0.1, 0.15) is 29.0 Å². The number of hydrogen-bond donors (Lipinski definition) is 1. The molecule has 2 rings (SSSR count). The minimum Gasteiger partial charge on any atom is -0.355 e. The van der Waals surface area contributed by atoms with Crippen LogP contribution < -0.4 is 5.32 Å². The van der Waals surface area contributed by atoms with Crippen molar-refractivity contribution in [1.29, 1.82) is 0 Å². The number of carbonyl (C=O) groups excluding carboxylic acids is 1. The molecule has 0 fully saturated rings. The molecule has 0 unspecified atom stereocenters. The van der Waals surface area contributed by atoms with Crippen LogP contribution in [0.3, 0.4) is 0 Å². The van der Waals surface area contributed by atoms with Crippen LogP contribution in [-0.2, 0) is 23.9 Å². The number of alkyl halides is 3. The summed E-state index contributed by atoms with van der Waals surface area (Å²) in [6.45, 7) is 5.51. The average molecular weight is 360 g/mol. The fourth-order valence-corrected chi connectivity index (χ4v) is 2.89. The van der Waals surface area contributed by atoms with E-state index in [0.29, 0.717) is 11.4 Å². The Bertz CT molecular complexity index is 708. The number of rotatable bonds is 6. The van der Waals surface area contributed by atoms with Crippen LogP contribution in [0.15, 0.2) is 11.4 Å². The molecule has 0 aromatic carbocycles. The van der Waals surface area contributed by atoms with E-state index in [0.717, 1.165) is 15.8 Å². The number of halogens is 3. The summed E-state index contributed by atoms with van der Waals surface area (Å²) < 4.78 is 39.8. The summed E-state index contributed by atoms with van der Waals surface area (Å²) >= 11 is 1.47. The Morgan fingerprint density at radius 3 is 2.71 bits per heavy atom. The van der Waals surface area contributed by atoms with Gasteiger partial charge >= 0.3 is 6.18 Å². The first-order valence-electron chi connectivity index (χ1n) is 7.44. The van der Waals surface area contributed by atoms with Crippen molar-refractivity contribution in [3.05, 3.63) is 33.5 Å². The van der Waals surface area contributed by atoms with Gasteiger partial charge in [0.2, 0.25) is 5.91 Å². The van der Waals surface area contributed by atoms with Crippen LogP contribution >= 0.6 is 11.3 Å². The Hall–Kier alpha value is -1.90. The first-order chi connectivity index (χ1) is 11.1. The first kappa shape index (κ1) is 18.4. The van der Waals surface area contributed by atoms with Gasteiger partial charge in [0.1, 0.15) is 5.69 Å². The molecule has 0 saturated heterocycles. The molecule has 2 heterocycles. The molecular formula is C15H19F3N4OS. The predicted molar refractivity (Wildman–Crippen MR) is 84.7 cm³/mol. The molecule has 0 aliphatic rings. The van der Waals surface area contributed by atoms with E-state index in [4.69, 9.17) is 0 Å². The topological polar surface area (TPSA) is 59.8 Å². The van der Waals surface area contributed by atoms with Gasteiger partial charge in [-0.2, -0.15) is 18.3 Å². The van der Waals surface area contributed by atoms with Crippen LogP contribution in [0, 0.1) is 19.8 Å². The zero-order valence-corrected chi connectivity index (χ0v) is 14.5. The molecule has 2 aromatic heterocycles. The second kappa shape index (κ2) is 7.33. The predicted octanol–water partition coefficient (Wildman–Crippen LogP) is 2.97. The van der Waals surface area contributed by atoms with E-state index in [9.17, 15) is 18.0 Å². The molecule has 0 saturated carbocycles. The minimum absolute atomic E-state index is 0.0821. The van der Waals surface area contributed by atoms with Crippen molar-refractivity contribution in [3.63, 3.8) is 0 Å². The fourth-order valence-electron chi connectivity index (χ4n) is 2.28. The number of carbonyl (C=O) groups is 1. The Morgan fingerprint density at radius 1 is 1.42 bits per heavy atom. The van der Waals surface area contributed by atoms with E-state index in [-0.39, 0.29) is 31.3 Å². The molecular weight excluding hydrogens is 341 g/mol. The molecule has 24 heavy (non-hydrogen) atoms. The summed E-state index contributed by atoms with van der Waals surface area (Å²) in [5.74, 6) is -0.383. The van der Waals surface area contributed by atoms with Crippen molar-refractivity contribution in [3.8, 4) is 0 Å². The summed E-state index contributed by atoms with van der Waals surface area (Å²) in [6, 6.07) is 1.02. The molecule has 0 aliphatic heterocycles. The van der Waals surface area contributed by atoms with E-state index < -0.39 is 11.9 Å². The molecule has 132 valence electrons. The maximum absolute atomic E-state index is 12.9. The lowest BCUT2D eigenvalue weighted by molar-refractivity contribution is -0.144. The lowest BCUT2D eigenvalue weighted by Gasteiger charge is -2.15. The molecule has 1 atom stereocenters. The summed E-state index contributed by atoms with van der Waals surface area (Å²) in [5, 5.41) is 9.33. The second-order valence-electron chi connectivity index (χ2n) is 5.79. The van der Waals surface area contributed by atoms with Crippen LogP contribution in [0.25, 0.3) is 0 Å². The number of hydrogen-bond acceptors (Lipinski definition) is 4. The van der Waals surface area contributed by atoms with Crippen molar-refractivity contribution >= 4 is 17.2 Å². The Labute approximate surface area is 141 Å². The van der Waals surface area contributed by atoms with Crippen LogP contribution in [0.5, 0.6) is 0 Å². The van der Waals surface area contributed by atoms with Gasteiger partial charge in [0, 0.05) is 18.5 Å². The van der Waals surface area contributed by atoms with Gasteiger partial charge in [-0.15, -0.1) is 11.3 Å². The summed E-state index contributed by atoms with van der Waals surface area (Å²) in [6.07, 6.45) is -4.27. The van der Waals surface area contributed by atoms with Gasteiger partial charge in [0.25, 0.3) is 0 Å². The maximum atomic E-state index is 12.9. The van der Waals surface area contributed by atoms with Gasteiger partial charge in [0.05, 0.1) is 22.8 Å². The Balaban J connectivity index is 1.87. The lowest BCUT2D eigenvalue weighted by Crippen LogP contribution is -2.32. The SMILES string of the molecule is Cc1cc(C(F)(F)F)n(C[C@H](C)CNC(=O)Cc2csc(C)n2)n1. The number of thiazole rings is 1. The molecule has 0 bridgehead atoms. The zero-order valence-electron chi connectivity index (χ0n) is 13.6. The number of aromatic nitrogens is 3. The maximum Gasteiger partial charge on any atom is 0.433 e. The van der Waals surface area contributed by atoms with Crippen molar-refractivity contribution in [2.45, 2.75) is 39.9 Å². The molecule has 1 N–H and O–H groups in total. The van der Waals surface area contributed by atoms with E-state index in [1.54, 1.807) is 6.92 Å². The summed E-state index contributed by atoms with van der Waals surface area (Å²) in [5.41, 5.74) is 0.248. The first-order valence-corrected chi connectivity index (χ1v) is 8.32. The highest BCUT2D eigenvalue weighted by Gasteiger charge is 2.35. The van der Waals surface area contributed by atoms with E-state index in [1.807, 2.05) is 12.3 Å². The van der Waals surface area contributed by atoms with Gasteiger partial charge in [0.15, 0.2) is 0 Å². The Kier molecular flexibility index (Phi) is 5.63. The molecule has 5 nitrogen and oxygen atoms in total. The third-order valence-corrected chi connectivity index (χ3v) is 4.16. The van der Waals surface area contributed by atoms with Crippen molar-refractivity contribution in [2.75, 3.05) is 6.54 Å². The van der Waals surface area contributed by atoms with Gasteiger partial charge in [-0.1, -0.05) is 6.92 Å². The van der Waals surface area contributed by atoms with Gasteiger partial charge in [-0.05, 0) is 25.8 Å². The third kappa shape index (κ3) is 5.05. The zero-order chi connectivity index (χ0) is 17.9. The number of nitrogens with zero attached hydrogens (tertiary/aromatic N) is 3. The quantitative estimate of drug-likeness (QED) is 0.862. The number of aryl methyl sites for hydroxylation is 2. The summed E-state index contributed by atoms with van der Waals surface area (Å²) in [4.78, 5) is 16.1. The highest BCUT2D eigenvalue weighted by atomic mass is 32.1. The number of nitrogens with one attached hydrogen (secondary N) is 1. The molecule has 0 spiro atoms. The fraction of sp³-hybridized carbons (Fsp3) is 0.533. The van der Waals surface area contributed by atoms with Crippen molar-refractivity contribution < 1.29 is 18.0 Å². The molecule has 2 aromatic rings. The Morgan fingerprint density at radius 2 is 2.12 bits per heavy atom. The van der Waals surface area contributed by atoms with Crippen molar-refractivity contribution in [2.24, 2.45) is 5.92 Å². The monoisotopic (exact) mass is 360 g/mol. The van der Waals surface area contributed by atoms with E-state index in [1.165, 1.54) is 18.3 Å². The van der Waals surface area contributed by atoms with Crippen LogP contribution in [0.2, 0.25) is 0 Å². The van der Waals surface area contributed by atoms with Gasteiger partial charge in [-0.3, -0.25) is 9.48 Å². The standard InChI is InChI=1S/C15H19F3N4OS/c1-9(6-19-14(23)5-12-8-24-11(3)20-12)7-22-13(15(16,17)18)4-10(2)21-22/h4,8-9H,5-7H2,1-3H3,(H,19,23)/t9-/m1/s1. The summed E-state index contributed by atoms with van der Waals surface area (Å²) in [7, 11) is 0. The third-order valence-electron chi connectivity index (χ3n) is 3.33. The van der Waals surface area contributed by atoms with E-state index in [2.05, 4.69) is 15.4 Å². The lowest BCUT2D eigenvalue weighted by atomic mass is 10.1. The highest BCUT2D eigenvalue weighted by Crippen LogP contribution is 2.30. The van der Waals surface area contributed by atoms with E-state index >= 15 is 0 Å². The van der Waals surface area contributed by atoms with Gasteiger partial charge < -0.3 is 5.32 Å². The minimum atomic E-state index is -4.44. The molecule has 1 amide bonds. The molecule has 0 aliphatic carbocycles. The molecule has 0 radical (unpaired) electrons. The number of amides is 1. The van der Waals surface area contributed by atoms with Crippen LogP contribution in [0.4, 0.5) is 13.2 Å². The normalized spacial score (nSPS) is 13.1.